The molecule has 0 saturated heterocycles. The van der Waals surface area contributed by atoms with E-state index in [-0.39, 0.29) is 17.6 Å². The van der Waals surface area contributed by atoms with E-state index in [0.717, 1.165) is 5.56 Å². The first-order valence-electron chi connectivity index (χ1n) is 14.0. The Kier molecular flexibility index (Phi) is 3.64. The first-order valence-corrected chi connectivity index (χ1v) is 10.4. The van der Waals surface area contributed by atoms with Crippen LogP contribution in [0.15, 0.2) is 78.6 Å². The summed E-state index contributed by atoms with van der Waals surface area (Å²) in [6.45, 7) is 7.66. The molecule has 0 fully saturated rings. The first-order chi connectivity index (χ1) is 18.0. The standard InChI is InChI=1S/C24H27O4P/c1-18(2)20-15-16-24(23(17-20)19(3)4)28-29(25,26-21-11-7-5-8-12-21)27-22-13-9-6-10-14-22/h5-19H,1-4H3/i5D,6D,7D,8D,9D,10D,11D,12D,13D,14D. The Morgan fingerprint density at radius 1 is 0.759 bits per heavy atom. The van der Waals surface area contributed by atoms with Crippen molar-refractivity contribution in [2.45, 2.75) is 39.5 Å². The molecule has 4 nitrogen and oxygen atoms in total. The molecule has 0 spiro atoms. The summed E-state index contributed by atoms with van der Waals surface area (Å²) in [5.41, 5.74) is 1.52. The monoisotopic (exact) mass is 420 g/mol. The van der Waals surface area contributed by atoms with Crippen molar-refractivity contribution >= 4 is 7.82 Å². The van der Waals surface area contributed by atoms with Gasteiger partial charge in [-0.25, -0.2) is 0 Å². The second-order valence-corrected chi connectivity index (χ2v) is 8.18. The predicted octanol–water partition coefficient (Wildman–Crippen LogP) is 7.58. The molecule has 5 heteroatoms. The Morgan fingerprint density at radius 2 is 1.28 bits per heavy atom. The fraction of sp³-hybridized carbons (Fsp3) is 0.250. The second kappa shape index (κ2) is 9.19. The highest BCUT2D eigenvalue weighted by molar-refractivity contribution is 7.49. The quantitative estimate of drug-likeness (QED) is 0.352. The molecule has 3 aromatic carbocycles. The molecular formula is C24H27O4P. The van der Waals surface area contributed by atoms with Crippen LogP contribution in [0.1, 0.15) is 64.4 Å². The van der Waals surface area contributed by atoms with Crippen molar-refractivity contribution in [2.24, 2.45) is 0 Å². The fourth-order valence-corrected chi connectivity index (χ4v) is 3.58. The minimum Gasteiger partial charge on any atom is -0.386 e. The van der Waals surface area contributed by atoms with Crippen molar-refractivity contribution in [1.82, 2.24) is 0 Å². The maximum atomic E-state index is 14.2. The minimum absolute atomic E-state index is 0.0115. The molecule has 0 N–H and O–H groups in total. The van der Waals surface area contributed by atoms with E-state index in [1.807, 2.05) is 33.8 Å². The maximum absolute atomic E-state index is 14.2. The smallest absolute Gasteiger partial charge is 0.386 e. The molecule has 0 aliphatic rings. The van der Waals surface area contributed by atoms with E-state index in [2.05, 4.69) is 0 Å². The van der Waals surface area contributed by atoms with Crippen molar-refractivity contribution in [3.8, 4) is 17.2 Å². The minimum atomic E-state index is -5.14. The lowest BCUT2D eigenvalue weighted by Crippen LogP contribution is -2.09. The molecule has 0 atom stereocenters. The highest BCUT2D eigenvalue weighted by Gasteiger charge is 2.34. The summed E-state index contributed by atoms with van der Waals surface area (Å²) in [7, 11) is -5.14. The SMILES string of the molecule is [2H]c1c([2H])c([2H])c(OP(=O)(Oc2ccc(C(C)C)cc2C(C)C)Oc2c([2H])c([2H])c([2H])c([2H])c2[2H])c([2H])c1[2H]. The van der Waals surface area contributed by atoms with Crippen molar-refractivity contribution < 1.29 is 31.8 Å². The van der Waals surface area contributed by atoms with Crippen molar-refractivity contribution in [3.63, 3.8) is 0 Å². The zero-order valence-corrected chi connectivity index (χ0v) is 17.4. The fourth-order valence-electron chi connectivity index (χ4n) is 2.43. The van der Waals surface area contributed by atoms with Gasteiger partial charge in [0.2, 0.25) is 0 Å². The average Bonchev–Trinajstić information content (AvgIpc) is 2.89. The van der Waals surface area contributed by atoms with Crippen LogP contribution in [-0.4, -0.2) is 0 Å². The molecule has 0 radical (unpaired) electrons. The van der Waals surface area contributed by atoms with Crippen LogP contribution in [0.4, 0.5) is 0 Å². The summed E-state index contributed by atoms with van der Waals surface area (Å²) in [5.74, 6) is -1.72. The van der Waals surface area contributed by atoms with Crippen LogP contribution >= 0.6 is 7.82 Å². The predicted molar refractivity (Wildman–Crippen MR) is 117 cm³/mol. The summed E-state index contributed by atoms with van der Waals surface area (Å²) in [5, 5.41) is 0. The van der Waals surface area contributed by atoms with E-state index < -0.39 is 79.7 Å². The molecule has 0 heterocycles. The van der Waals surface area contributed by atoms with Crippen LogP contribution in [0.3, 0.4) is 0 Å². The van der Waals surface area contributed by atoms with Crippen LogP contribution in [-0.2, 0) is 4.57 Å². The van der Waals surface area contributed by atoms with Gasteiger partial charge in [-0.15, -0.1) is 0 Å². The largest absolute Gasteiger partial charge is 0.647 e. The van der Waals surface area contributed by atoms with E-state index in [4.69, 9.17) is 27.3 Å². The van der Waals surface area contributed by atoms with Crippen LogP contribution < -0.4 is 13.6 Å². The van der Waals surface area contributed by atoms with Gasteiger partial charge in [0.1, 0.15) is 17.2 Å². The molecule has 3 rings (SSSR count). The Morgan fingerprint density at radius 3 is 1.72 bits per heavy atom. The van der Waals surface area contributed by atoms with Gasteiger partial charge in [0.05, 0.1) is 13.7 Å². The maximum Gasteiger partial charge on any atom is 0.647 e. The van der Waals surface area contributed by atoms with Gasteiger partial charge in [0.25, 0.3) is 0 Å². The van der Waals surface area contributed by atoms with Crippen molar-refractivity contribution in [3.05, 3.63) is 89.8 Å². The first kappa shape index (κ1) is 11.5. The zero-order valence-electron chi connectivity index (χ0n) is 26.5. The topological polar surface area (TPSA) is 44.8 Å². The van der Waals surface area contributed by atoms with Gasteiger partial charge in [-0.2, -0.15) is 4.57 Å². The van der Waals surface area contributed by atoms with Gasteiger partial charge in [-0.05, 0) is 53.2 Å². The van der Waals surface area contributed by atoms with Crippen LogP contribution in [0.2, 0.25) is 0 Å². The van der Waals surface area contributed by atoms with Gasteiger partial charge in [0.15, 0.2) is 0 Å². The van der Waals surface area contributed by atoms with Crippen LogP contribution in [0.25, 0.3) is 0 Å². The van der Waals surface area contributed by atoms with Gasteiger partial charge in [-0.1, -0.05) is 76.1 Å². The zero-order chi connectivity index (χ0) is 29.6. The summed E-state index contributed by atoms with van der Waals surface area (Å²) in [6.07, 6.45) is 0. The lowest BCUT2D eigenvalue weighted by atomic mass is 9.95. The lowest BCUT2D eigenvalue weighted by molar-refractivity contribution is 0.297. The van der Waals surface area contributed by atoms with Crippen LogP contribution in [0.5, 0.6) is 17.2 Å². The van der Waals surface area contributed by atoms with Gasteiger partial charge in [0, 0.05) is 0 Å². The van der Waals surface area contributed by atoms with Crippen molar-refractivity contribution in [2.75, 3.05) is 0 Å². The summed E-state index contributed by atoms with van der Waals surface area (Å²) >= 11 is 0. The molecule has 29 heavy (non-hydrogen) atoms. The number of benzene rings is 3. The van der Waals surface area contributed by atoms with Crippen LogP contribution in [0, 0.1) is 0 Å². The molecule has 0 saturated carbocycles. The number of para-hydroxylation sites is 2. The molecule has 0 amide bonds. The van der Waals surface area contributed by atoms with E-state index >= 15 is 0 Å². The van der Waals surface area contributed by atoms with E-state index in [0.29, 0.717) is 5.56 Å². The summed E-state index contributed by atoms with van der Waals surface area (Å²) in [6, 6.07) is -2.84. The third-order valence-corrected chi connectivity index (χ3v) is 5.13. The Hall–Kier alpha value is -2.71. The summed E-state index contributed by atoms with van der Waals surface area (Å²) in [4.78, 5) is 0. The molecule has 0 aliphatic carbocycles. The number of phosphoric acid groups is 1. The molecule has 152 valence electrons. The number of phosphoric ester groups is 1. The third-order valence-electron chi connectivity index (χ3n) is 3.89. The molecular weight excluding hydrogens is 383 g/mol. The molecule has 0 bridgehead atoms. The second-order valence-electron chi connectivity index (χ2n) is 6.74. The van der Waals surface area contributed by atoms with Gasteiger partial charge >= 0.3 is 7.82 Å². The molecule has 0 unspecified atom stereocenters. The molecule has 3 aromatic rings. The Balaban J connectivity index is 2.26. The van der Waals surface area contributed by atoms with Gasteiger partial charge in [-0.3, -0.25) is 0 Å². The van der Waals surface area contributed by atoms with E-state index in [1.54, 1.807) is 6.07 Å². The summed E-state index contributed by atoms with van der Waals surface area (Å²) < 4.78 is 110. The Bertz CT molecular complexity index is 1360. The van der Waals surface area contributed by atoms with E-state index in [1.165, 1.54) is 6.07 Å². The third kappa shape index (κ3) is 5.65. The molecule has 0 aromatic heterocycles. The highest BCUT2D eigenvalue weighted by Crippen LogP contribution is 2.51. The highest BCUT2D eigenvalue weighted by atomic mass is 31.2. The number of rotatable bonds is 8. The van der Waals surface area contributed by atoms with Gasteiger partial charge < -0.3 is 13.6 Å². The Labute approximate surface area is 187 Å². The van der Waals surface area contributed by atoms with E-state index in [9.17, 15) is 4.57 Å². The molecule has 0 aliphatic heterocycles. The average molecular weight is 421 g/mol. The number of hydrogen-bond donors (Lipinski definition) is 0. The number of hydrogen-bond acceptors (Lipinski definition) is 4. The normalized spacial score (nSPS) is 16.3. The lowest BCUT2D eigenvalue weighted by Gasteiger charge is -2.22. The van der Waals surface area contributed by atoms with Crippen molar-refractivity contribution in [1.29, 1.82) is 0 Å².